The number of rotatable bonds is 4. The van der Waals surface area contributed by atoms with Crippen LogP contribution in [0.2, 0.25) is 19.1 Å². The van der Waals surface area contributed by atoms with Crippen LogP contribution < -0.4 is 0 Å². The van der Waals surface area contributed by atoms with E-state index in [-0.39, 0.29) is 0 Å². The fourth-order valence-corrected chi connectivity index (χ4v) is 5.47. The van der Waals surface area contributed by atoms with Crippen LogP contribution in [0, 0.1) is 0 Å². The molecule has 0 N–H and O–H groups in total. The topological polar surface area (TPSA) is 9.23 Å². The number of thiol groups is 1. The highest BCUT2D eigenvalue weighted by molar-refractivity contribution is 7.80. The zero-order valence-corrected chi connectivity index (χ0v) is 10.8. The molecule has 1 heterocycles. The fourth-order valence-electron chi connectivity index (χ4n) is 2.05. The Hall–Kier alpha value is 0.527. The molecule has 1 aliphatic heterocycles. The summed E-state index contributed by atoms with van der Waals surface area (Å²) >= 11 is 4.28. The van der Waals surface area contributed by atoms with E-state index in [1.54, 1.807) is 0 Å². The second-order valence-corrected chi connectivity index (χ2v) is 10.2. The zero-order chi connectivity index (χ0) is 9.73. The van der Waals surface area contributed by atoms with Gasteiger partial charge in [0.15, 0.2) is 0 Å². The van der Waals surface area contributed by atoms with Gasteiger partial charge in [-0.05, 0) is 31.4 Å². The predicted octanol–water partition coefficient (Wildman–Crippen LogP) is 3.12. The first-order chi connectivity index (χ1) is 6.17. The van der Waals surface area contributed by atoms with E-state index in [1.165, 1.54) is 31.7 Å². The van der Waals surface area contributed by atoms with Crippen LogP contribution in [-0.4, -0.2) is 26.2 Å². The predicted molar refractivity (Wildman–Crippen MR) is 64.4 cm³/mol. The van der Waals surface area contributed by atoms with Gasteiger partial charge in [-0.2, -0.15) is 12.6 Å². The van der Waals surface area contributed by atoms with Crippen LogP contribution in [0.3, 0.4) is 0 Å². The first-order valence-electron chi connectivity index (χ1n) is 5.39. The third kappa shape index (κ3) is 3.64. The van der Waals surface area contributed by atoms with E-state index in [4.69, 9.17) is 4.74 Å². The molecule has 0 amide bonds. The maximum atomic E-state index is 5.88. The Kier molecular flexibility index (Phi) is 4.84. The average molecular weight is 218 g/mol. The van der Waals surface area contributed by atoms with E-state index >= 15 is 0 Å². The number of hydrogen-bond acceptors (Lipinski definition) is 2. The summed E-state index contributed by atoms with van der Waals surface area (Å²) in [5.41, 5.74) is 0.626. The highest BCUT2D eigenvalue weighted by Crippen LogP contribution is 2.26. The first kappa shape index (κ1) is 11.6. The summed E-state index contributed by atoms with van der Waals surface area (Å²) in [7, 11) is -1.09. The van der Waals surface area contributed by atoms with Gasteiger partial charge in [0.05, 0.1) is 8.07 Å². The lowest BCUT2D eigenvalue weighted by Gasteiger charge is -2.35. The lowest BCUT2D eigenvalue weighted by molar-refractivity contribution is 0.0597. The van der Waals surface area contributed by atoms with Crippen molar-refractivity contribution < 1.29 is 4.74 Å². The molecule has 1 saturated heterocycles. The molecule has 1 atom stereocenters. The van der Waals surface area contributed by atoms with Gasteiger partial charge in [-0.1, -0.05) is 19.1 Å². The summed E-state index contributed by atoms with van der Waals surface area (Å²) in [6.07, 6.45) is 5.23. The Morgan fingerprint density at radius 2 is 2.15 bits per heavy atom. The molecule has 78 valence electrons. The Morgan fingerprint density at radius 1 is 1.38 bits per heavy atom. The van der Waals surface area contributed by atoms with Gasteiger partial charge < -0.3 is 4.74 Å². The molecule has 1 aliphatic rings. The lowest BCUT2D eigenvalue weighted by atomic mass is 10.2. The molecular formula is C10H22OSSi. The number of hydrogen-bond donors (Lipinski definition) is 1. The molecule has 0 aromatic rings. The van der Waals surface area contributed by atoms with Crippen molar-refractivity contribution in [2.45, 2.75) is 50.5 Å². The molecule has 1 nitrogen and oxygen atoms in total. The SMILES string of the molecule is C[Si](C)(CCCS)C1CCCCO1. The monoisotopic (exact) mass is 218 g/mol. The van der Waals surface area contributed by atoms with Gasteiger partial charge in [-0.3, -0.25) is 0 Å². The molecule has 0 aromatic carbocycles. The quantitative estimate of drug-likeness (QED) is 0.563. The van der Waals surface area contributed by atoms with Crippen molar-refractivity contribution in [1.29, 1.82) is 0 Å². The van der Waals surface area contributed by atoms with E-state index in [2.05, 4.69) is 25.7 Å². The minimum absolute atomic E-state index is 0.626. The lowest BCUT2D eigenvalue weighted by Crippen LogP contribution is -2.45. The molecule has 0 aliphatic carbocycles. The van der Waals surface area contributed by atoms with E-state index in [1.807, 2.05) is 0 Å². The zero-order valence-electron chi connectivity index (χ0n) is 8.88. The van der Waals surface area contributed by atoms with Crippen molar-refractivity contribution in [2.24, 2.45) is 0 Å². The molecule has 1 unspecified atom stereocenters. The third-order valence-corrected chi connectivity index (χ3v) is 7.19. The van der Waals surface area contributed by atoms with Crippen molar-refractivity contribution in [3.8, 4) is 0 Å². The molecule has 0 aromatic heterocycles. The van der Waals surface area contributed by atoms with Crippen LogP contribution in [0.15, 0.2) is 0 Å². The molecular weight excluding hydrogens is 196 g/mol. The summed E-state index contributed by atoms with van der Waals surface area (Å²) in [6.45, 7) is 5.93. The van der Waals surface area contributed by atoms with E-state index in [9.17, 15) is 0 Å². The molecule has 1 rings (SSSR count). The molecule has 13 heavy (non-hydrogen) atoms. The second kappa shape index (κ2) is 5.42. The van der Waals surface area contributed by atoms with Gasteiger partial charge in [0.25, 0.3) is 0 Å². The second-order valence-electron chi connectivity index (χ2n) is 4.67. The molecule has 0 saturated carbocycles. The van der Waals surface area contributed by atoms with Crippen LogP contribution >= 0.6 is 12.6 Å². The standard InChI is InChI=1S/C10H22OSSi/c1-13(2,9-5-8-12)10-6-3-4-7-11-10/h10,12H,3-9H2,1-2H3. The van der Waals surface area contributed by atoms with Crippen LogP contribution in [0.5, 0.6) is 0 Å². The first-order valence-corrected chi connectivity index (χ1v) is 9.31. The molecule has 0 spiro atoms. The molecule has 1 fully saturated rings. The molecule has 3 heteroatoms. The fraction of sp³-hybridized carbons (Fsp3) is 1.00. The Balaban J connectivity index is 2.36. The van der Waals surface area contributed by atoms with Gasteiger partial charge in [0.2, 0.25) is 0 Å². The van der Waals surface area contributed by atoms with Crippen LogP contribution in [0.25, 0.3) is 0 Å². The summed E-state index contributed by atoms with van der Waals surface area (Å²) in [5.74, 6) is 1.03. The Labute approximate surface area is 88.7 Å². The van der Waals surface area contributed by atoms with Crippen LogP contribution in [0.4, 0.5) is 0 Å². The van der Waals surface area contributed by atoms with Gasteiger partial charge >= 0.3 is 0 Å². The number of ether oxygens (including phenoxy) is 1. The van der Waals surface area contributed by atoms with Crippen molar-refractivity contribution in [3.63, 3.8) is 0 Å². The van der Waals surface area contributed by atoms with Gasteiger partial charge in [-0.25, -0.2) is 0 Å². The summed E-state index contributed by atoms with van der Waals surface area (Å²) in [4.78, 5) is 0. The van der Waals surface area contributed by atoms with Crippen molar-refractivity contribution in [2.75, 3.05) is 12.4 Å². The maximum Gasteiger partial charge on any atom is 0.0815 e. The maximum absolute atomic E-state index is 5.88. The van der Waals surface area contributed by atoms with Gasteiger partial charge in [0.1, 0.15) is 0 Å². The van der Waals surface area contributed by atoms with Crippen LogP contribution in [-0.2, 0) is 4.74 Å². The smallest absolute Gasteiger partial charge is 0.0815 e. The normalized spacial score (nSPS) is 24.7. The van der Waals surface area contributed by atoms with Crippen molar-refractivity contribution in [1.82, 2.24) is 0 Å². The van der Waals surface area contributed by atoms with Gasteiger partial charge in [0, 0.05) is 12.3 Å². The van der Waals surface area contributed by atoms with E-state index in [0.29, 0.717) is 5.73 Å². The molecule has 0 bridgehead atoms. The Bertz CT molecular complexity index is 144. The van der Waals surface area contributed by atoms with E-state index in [0.717, 1.165) is 12.4 Å². The highest BCUT2D eigenvalue weighted by Gasteiger charge is 2.32. The highest BCUT2D eigenvalue weighted by atomic mass is 32.1. The molecule has 0 radical (unpaired) electrons. The minimum atomic E-state index is -1.09. The van der Waals surface area contributed by atoms with Crippen molar-refractivity contribution >= 4 is 20.7 Å². The summed E-state index contributed by atoms with van der Waals surface area (Å²) in [6, 6.07) is 1.38. The summed E-state index contributed by atoms with van der Waals surface area (Å²) < 4.78 is 5.88. The largest absolute Gasteiger partial charge is 0.382 e. The van der Waals surface area contributed by atoms with Crippen molar-refractivity contribution in [3.05, 3.63) is 0 Å². The third-order valence-electron chi connectivity index (χ3n) is 3.03. The Morgan fingerprint density at radius 3 is 2.69 bits per heavy atom. The van der Waals surface area contributed by atoms with Gasteiger partial charge in [-0.15, -0.1) is 0 Å². The minimum Gasteiger partial charge on any atom is -0.382 e. The average Bonchev–Trinajstić information content (AvgIpc) is 2.16. The van der Waals surface area contributed by atoms with Crippen LogP contribution in [0.1, 0.15) is 25.7 Å². The summed E-state index contributed by atoms with van der Waals surface area (Å²) in [5, 5.41) is 0. The van der Waals surface area contributed by atoms with E-state index < -0.39 is 8.07 Å².